The zero-order chi connectivity index (χ0) is 14.9. The average molecular weight is 307 g/mol. The predicted molar refractivity (Wildman–Crippen MR) is 82.5 cm³/mol. The van der Waals surface area contributed by atoms with Gasteiger partial charge in [0.2, 0.25) is 0 Å². The maximum absolute atomic E-state index is 11.3. The molecule has 0 saturated carbocycles. The molecule has 0 unspecified atom stereocenters. The number of carboxylic acids is 2. The van der Waals surface area contributed by atoms with Crippen molar-refractivity contribution in [3.05, 3.63) is 58.7 Å². The first kappa shape index (κ1) is 16.7. The van der Waals surface area contributed by atoms with E-state index in [9.17, 15) is 14.7 Å². The molecule has 0 atom stereocenters. The number of rotatable bonds is 3. The normalized spacial score (nSPS) is 9.81. The maximum Gasteiger partial charge on any atom is 0.336 e. The number of carboxylic acid groups (broad SMARTS) is 2. The largest absolute Gasteiger partial charge is 0.478 e. The van der Waals surface area contributed by atoms with Gasteiger partial charge in [-0.1, -0.05) is 24.3 Å². The second kappa shape index (κ2) is 6.41. The lowest BCUT2D eigenvalue weighted by Gasteiger charge is -2.13. The van der Waals surface area contributed by atoms with Crippen LogP contribution in [0.3, 0.4) is 0 Å². The van der Waals surface area contributed by atoms with E-state index in [0.29, 0.717) is 11.1 Å². The van der Waals surface area contributed by atoms with Crippen molar-refractivity contribution in [2.75, 3.05) is 0 Å². The third-order valence-corrected chi connectivity index (χ3v) is 3.47. The van der Waals surface area contributed by atoms with Crippen LogP contribution in [0.2, 0.25) is 0 Å². The molecule has 2 aromatic carbocycles. The van der Waals surface area contributed by atoms with Crippen molar-refractivity contribution in [1.29, 1.82) is 0 Å². The zero-order valence-electron chi connectivity index (χ0n) is 11.6. The van der Waals surface area contributed by atoms with Crippen LogP contribution in [0.25, 0.3) is 11.1 Å². The van der Waals surface area contributed by atoms with Crippen molar-refractivity contribution in [2.45, 2.75) is 13.8 Å². The molecule has 0 bridgehead atoms. The number of hydrogen-bond donors (Lipinski definition) is 2. The quantitative estimate of drug-likeness (QED) is 0.904. The summed E-state index contributed by atoms with van der Waals surface area (Å²) in [5, 5.41) is 18.3. The summed E-state index contributed by atoms with van der Waals surface area (Å²) in [6.45, 7) is 3.53. The van der Waals surface area contributed by atoms with Crippen LogP contribution in [-0.2, 0) is 0 Å². The molecule has 2 aromatic rings. The smallest absolute Gasteiger partial charge is 0.336 e. The summed E-state index contributed by atoms with van der Waals surface area (Å²) in [5.41, 5.74) is 3.20. The Morgan fingerprint density at radius 2 is 1.33 bits per heavy atom. The molecule has 4 nitrogen and oxygen atoms in total. The molecule has 2 N–H and O–H groups in total. The van der Waals surface area contributed by atoms with Gasteiger partial charge < -0.3 is 10.2 Å². The van der Waals surface area contributed by atoms with Crippen molar-refractivity contribution in [2.24, 2.45) is 0 Å². The molecule has 110 valence electrons. The first-order valence-corrected chi connectivity index (χ1v) is 6.09. The van der Waals surface area contributed by atoms with Gasteiger partial charge in [0.15, 0.2) is 0 Å². The summed E-state index contributed by atoms with van der Waals surface area (Å²) in [5.74, 6) is -1.98. The Balaban J connectivity index is 0.00000220. The van der Waals surface area contributed by atoms with Crippen LogP contribution in [0.4, 0.5) is 0 Å². The number of carbonyl (C=O) groups is 2. The number of benzene rings is 2. The summed E-state index contributed by atoms with van der Waals surface area (Å²) < 4.78 is 0. The molecule has 0 fully saturated rings. The van der Waals surface area contributed by atoms with Crippen LogP contribution >= 0.6 is 12.4 Å². The van der Waals surface area contributed by atoms with Gasteiger partial charge in [-0.05, 0) is 48.2 Å². The van der Waals surface area contributed by atoms with E-state index in [0.717, 1.165) is 11.1 Å². The van der Waals surface area contributed by atoms with Crippen LogP contribution in [-0.4, -0.2) is 22.2 Å². The molecule has 0 aliphatic rings. The maximum atomic E-state index is 11.3. The molecule has 0 saturated heterocycles. The molecule has 0 radical (unpaired) electrons. The van der Waals surface area contributed by atoms with Gasteiger partial charge in [0.1, 0.15) is 0 Å². The summed E-state index contributed by atoms with van der Waals surface area (Å²) in [6.07, 6.45) is 0. The molecule has 0 aliphatic carbocycles. The number of aromatic carboxylic acids is 2. The second-order valence-electron chi connectivity index (χ2n) is 4.57. The van der Waals surface area contributed by atoms with E-state index in [1.165, 1.54) is 12.1 Å². The summed E-state index contributed by atoms with van der Waals surface area (Å²) in [7, 11) is 0. The lowest BCUT2D eigenvalue weighted by Crippen LogP contribution is -2.04. The Labute approximate surface area is 128 Å². The Hall–Kier alpha value is -2.33. The van der Waals surface area contributed by atoms with E-state index >= 15 is 0 Å². The highest BCUT2D eigenvalue weighted by Gasteiger charge is 2.16. The number of halogens is 1. The monoisotopic (exact) mass is 306 g/mol. The van der Waals surface area contributed by atoms with Gasteiger partial charge in [-0.3, -0.25) is 0 Å². The van der Waals surface area contributed by atoms with Crippen LogP contribution in [0.1, 0.15) is 31.8 Å². The van der Waals surface area contributed by atoms with Crippen molar-refractivity contribution < 1.29 is 19.8 Å². The summed E-state index contributed by atoms with van der Waals surface area (Å²) in [4.78, 5) is 22.4. The predicted octanol–water partition coefficient (Wildman–Crippen LogP) is 3.79. The molecule has 0 spiro atoms. The van der Waals surface area contributed by atoms with Gasteiger partial charge in [-0.25, -0.2) is 9.59 Å². The van der Waals surface area contributed by atoms with Crippen LogP contribution in [0, 0.1) is 13.8 Å². The van der Waals surface area contributed by atoms with E-state index in [1.807, 2.05) is 0 Å². The van der Waals surface area contributed by atoms with Crippen LogP contribution < -0.4 is 0 Å². The molecule has 5 heteroatoms. The highest BCUT2D eigenvalue weighted by molar-refractivity contribution is 5.97. The Morgan fingerprint density at radius 1 is 0.762 bits per heavy atom. The summed E-state index contributed by atoms with van der Waals surface area (Å²) >= 11 is 0. The molecular formula is C16H15ClO4. The summed E-state index contributed by atoms with van der Waals surface area (Å²) in [6, 6.07) is 9.87. The molecule has 0 heterocycles. The molecular weight excluding hydrogens is 292 g/mol. The van der Waals surface area contributed by atoms with E-state index in [4.69, 9.17) is 5.11 Å². The minimum absolute atomic E-state index is 0. The third-order valence-electron chi connectivity index (χ3n) is 3.47. The van der Waals surface area contributed by atoms with Gasteiger partial charge in [-0.15, -0.1) is 12.4 Å². The molecule has 21 heavy (non-hydrogen) atoms. The van der Waals surface area contributed by atoms with Gasteiger partial charge in [0.05, 0.1) is 11.1 Å². The lowest BCUT2D eigenvalue weighted by atomic mass is 9.91. The van der Waals surface area contributed by atoms with Crippen molar-refractivity contribution in [3.63, 3.8) is 0 Å². The van der Waals surface area contributed by atoms with Crippen molar-refractivity contribution in [3.8, 4) is 11.1 Å². The van der Waals surface area contributed by atoms with Crippen LogP contribution in [0.15, 0.2) is 36.4 Å². The Bertz CT molecular complexity index is 707. The fourth-order valence-electron chi connectivity index (χ4n) is 2.25. The topological polar surface area (TPSA) is 74.6 Å². The van der Waals surface area contributed by atoms with Gasteiger partial charge >= 0.3 is 11.9 Å². The van der Waals surface area contributed by atoms with Crippen LogP contribution in [0.5, 0.6) is 0 Å². The molecule has 0 aromatic heterocycles. The molecule has 2 rings (SSSR count). The minimum Gasteiger partial charge on any atom is -0.478 e. The minimum atomic E-state index is -1.00. The van der Waals surface area contributed by atoms with Crippen molar-refractivity contribution >= 4 is 24.3 Å². The second-order valence-corrected chi connectivity index (χ2v) is 4.57. The van der Waals surface area contributed by atoms with E-state index < -0.39 is 11.9 Å². The molecule has 0 amide bonds. The third kappa shape index (κ3) is 3.06. The van der Waals surface area contributed by atoms with E-state index in [2.05, 4.69) is 0 Å². The fourth-order valence-corrected chi connectivity index (χ4v) is 2.25. The highest BCUT2D eigenvalue weighted by Crippen LogP contribution is 2.30. The fraction of sp³-hybridized carbons (Fsp3) is 0.125. The first-order chi connectivity index (χ1) is 9.43. The standard InChI is InChI=1S/C16H14O4.ClH/c1-9-10(2)12(15(17)18)8-7-11(9)13-5-3-4-6-14(13)16(19)20;/h3-8H,1-2H3,(H,17,18)(H,19,20);1H. The van der Waals surface area contributed by atoms with Crippen molar-refractivity contribution in [1.82, 2.24) is 0 Å². The van der Waals surface area contributed by atoms with Gasteiger partial charge in [-0.2, -0.15) is 0 Å². The number of hydrogen-bond acceptors (Lipinski definition) is 2. The highest BCUT2D eigenvalue weighted by atomic mass is 35.5. The van der Waals surface area contributed by atoms with Gasteiger partial charge in [0, 0.05) is 0 Å². The van der Waals surface area contributed by atoms with E-state index in [-0.39, 0.29) is 23.5 Å². The average Bonchev–Trinajstić information content (AvgIpc) is 2.41. The SMILES string of the molecule is Cc1c(C(=O)O)ccc(-c2ccccc2C(=O)O)c1C.Cl. The molecule has 0 aliphatic heterocycles. The van der Waals surface area contributed by atoms with Gasteiger partial charge in [0.25, 0.3) is 0 Å². The Morgan fingerprint density at radius 3 is 1.90 bits per heavy atom. The van der Waals surface area contributed by atoms with E-state index in [1.54, 1.807) is 38.1 Å². The lowest BCUT2D eigenvalue weighted by molar-refractivity contribution is 0.0685. The first-order valence-electron chi connectivity index (χ1n) is 6.09. The zero-order valence-corrected chi connectivity index (χ0v) is 12.4. The Kier molecular flexibility index (Phi) is 5.11.